The third-order valence-electron chi connectivity index (χ3n) is 5.28. The Morgan fingerprint density at radius 2 is 1.97 bits per heavy atom. The summed E-state index contributed by atoms with van der Waals surface area (Å²) < 4.78 is 5.66. The summed E-state index contributed by atoms with van der Waals surface area (Å²) in [6, 6.07) is 5.13. The molecule has 0 unspecified atom stereocenters. The maximum Gasteiger partial charge on any atom is 0.146 e. The molecular weight excluding hydrogens is 467 g/mol. The van der Waals surface area contributed by atoms with Gasteiger partial charge in [0.15, 0.2) is 0 Å². The lowest BCUT2D eigenvalue weighted by Crippen LogP contribution is -2.48. The Bertz CT molecular complexity index is 908. The minimum atomic E-state index is 0.237. The van der Waals surface area contributed by atoms with E-state index in [1.54, 1.807) is 36.3 Å². The van der Waals surface area contributed by atoms with Gasteiger partial charge in [0, 0.05) is 43.2 Å². The van der Waals surface area contributed by atoms with E-state index in [1.165, 1.54) is 0 Å². The molecule has 3 rings (SSSR count). The van der Waals surface area contributed by atoms with Crippen LogP contribution >= 0.6 is 35.0 Å². The van der Waals surface area contributed by atoms with Gasteiger partial charge in [0.25, 0.3) is 0 Å². The zero-order chi connectivity index (χ0) is 22.9. The fourth-order valence-electron chi connectivity index (χ4n) is 3.58. The molecule has 32 heavy (non-hydrogen) atoms. The third kappa shape index (κ3) is 7.24. The normalized spacial score (nSPS) is 14.6. The molecule has 0 amide bonds. The van der Waals surface area contributed by atoms with Crippen LogP contribution in [0.25, 0.3) is 0 Å². The first-order chi connectivity index (χ1) is 15.5. The van der Waals surface area contributed by atoms with Crippen LogP contribution in [0.2, 0.25) is 10.0 Å². The molecule has 1 aromatic heterocycles. The van der Waals surface area contributed by atoms with E-state index in [1.807, 2.05) is 0 Å². The average molecular weight is 497 g/mol. The van der Waals surface area contributed by atoms with Gasteiger partial charge in [0.1, 0.15) is 28.7 Å². The molecule has 1 aromatic carbocycles. The Morgan fingerprint density at radius 3 is 2.69 bits per heavy atom. The molecule has 0 spiro atoms. The van der Waals surface area contributed by atoms with Gasteiger partial charge in [-0.3, -0.25) is 9.69 Å². The van der Waals surface area contributed by atoms with Crippen LogP contribution in [-0.2, 0) is 4.79 Å². The Balaban J connectivity index is 1.39. The van der Waals surface area contributed by atoms with Crippen molar-refractivity contribution in [2.75, 3.05) is 50.0 Å². The van der Waals surface area contributed by atoms with E-state index in [-0.39, 0.29) is 5.78 Å². The topological polar surface area (TPSA) is 58.6 Å². The zero-order valence-electron chi connectivity index (χ0n) is 18.6. The number of carbonyl (C=O) groups excluding carboxylic acids is 1. The average Bonchev–Trinajstić information content (AvgIpc) is 2.78. The van der Waals surface area contributed by atoms with Crippen LogP contribution in [-0.4, -0.2) is 65.7 Å². The van der Waals surface area contributed by atoms with E-state index >= 15 is 0 Å². The number of nitrogens with zero attached hydrogens (tertiary/aromatic N) is 4. The number of ketones is 1. The van der Waals surface area contributed by atoms with Gasteiger partial charge in [0.2, 0.25) is 0 Å². The molecule has 174 valence electrons. The minimum absolute atomic E-state index is 0.237. The quantitative estimate of drug-likeness (QED) is 0.242. The number of thioether (sulfide) groups is 1. The van der Waals surface area contributed by atoms with Crippen molar-refractivity contribution in [1.29, 1.82) is 0 Å². The molecular formula is C23H30Cl2N4O2S. The van der Waals surface area contributed by atoms with Crippen molar-refractivity contribution < 1.29 is 9.53 Å². The Kier molecular flexibility index (Phi) is 9.91. The highest BCUT2D eigenvalue weighted by atomic mass is 35.5. The van der Waals surface area contributed by atoms with Crippen LogP contribution in [0.5, 0.6) is 5.75 Å². The number of ether oxygens (including phenoxy) is 1. The van der Waals surface area contributed by atoms with Crippen LogP contribution < -0.4 is 9.64 Å². The Labute approximate surface area is 204 Å². The van der Waals surface area contributed by atoms with Crippen LogP contribution in [0, 0.1) is 6.92 Å². The second-order valence-corrected chi connectivity index (χ2v) is 9.73. The number of anilines is 1. The molecule has 1 aliphatic rings. The number of halogens is 2. The lowest BCUT2D eigenvalue weighted by Gasteiger charge is -2.35. The summed E-state index contributed by atoms with van der Waals surface area (Å²) in [5.41, 5.74) is 1.15. The van der Waals surface area contributed by atoms with Gasteiger partial charge in [-0.05, 0) is 43.7 Å². The molecule has 0 aliphatic carbocycles. The summed E-state index contributed by atoms with van der Waals surface area (Å²) in [7, 11) is 0. The van der Waals surface area contributed by atoms with Crippen molar-refractivity contribution in [3.8, 4) is 5.75 Å². The predicted octanol–water partition coefficient (Wildman–Crippen LogP) is 5.14. The van der Waals surface area contributed by atoms with Gasteiger partial charge in [-0.2, -0.15) is 0 Å². The van der Waals surface area contributed by atoms with Crippen molar-refractivity contribution in [3.63, 3.8) is 0 Å². The first-order valence-electron chi connectivity index (χ1n) is 11.0. The van der Waals surface area contributed by atoms with Crippen molar-refractivity contribution >= 4 is 46.6 Å². The fraction of sp³-hybridized carbons (Fsp3) is 0.522. The van der Waals surface area contributed by atoms with E-state index in [2.05, 4.69) is 33.6 Å². The predicted molar refractivity (Wildman–Crippen MR) is 133 cm³/mol. The van der Waals surface area contributed by atoms with E-state index in [9.17, 15) is 4.79 Å². The summed E-state index contributed by atoms with van der Waals surface area (Å²) in [4.78, 5) is 25.9. The standard InChI is InChI=1S/C23H30Cl2N4O2S/c1-3-13-32-23-17(2)22(26-16-27-23)29-10-8-28(9-11-29)15-19(30)5-4-12-31-21-7-6-18(24)14-20(21)25/h6-7,14,16H,3-5,8-13,15H2,1-2H3. The molecule has 2 heterocycles. The van der Waals surface area contributed by atoms with Gasteiger partial charge in [-0.25, -0.2) is 9.97 Å². The van der Waals surface area contributed by atoms with Gasteiger partial charge in [0.05, 0.1) is 18.2 Å². The number of carbonyl (C=O) groups is 1. The van der Waals surface area contributed by atoms with Crippen LogP contribution in [0.4, 0.5) is 5.82 Å². The zero-order valence-corrected chi connectivity index (χ0v) is 21.0. The van der Waals surface area contributed by atoms with Crippen LogP contribution in [0.15, 0.2) is 29.6 Å². The summed E-state index contributed by atoms with van der Waals surface area (Å²) in [5, 5.41) is 2.12. The molecule has 0 radical (unpaired) electrons. The first-order valence-corrected chi connectivity index (χ1v) is 12.7. The second-order valence-electron chi connectivity index (χ2n) is 7.80. The Hall–Kier alpha value is -1.54. The van der Waals surface area contributed by atoms with Gasteiger partial charge in [-0.15, -0.1) is 11.8 Å². The first kappa shape index (κ1) is 25.1. The van der Waals surface area contributed by atoms with Crippen molar-refractivity contribution in [2.45, 2.75) is 38.1 Å². The Morgan fingerprint density at radius 1 is 1.19 bits per heavy atom. The van der Waals surface area contributed by atoms with Gasteiger partial charge >= 0.3 is 0 Å². The number of rotatable bonds is 11. The molecule has 0 saturated carbocycles. The van der Waals surface area contributed by atoms with E-state index in [0.29, 0.717) is 41.8 Å². The number of benzene rings is 1. The molecule has 1 saturated heterocycles. The highest BCUT2D eigenvalue weighted by Gasteiger charge is 2.22. The smallest absolute Gasteiger partial charge is 0.146 e. The summed E-state index contributed by atoms with van der Waals surface area (Å²) in [6.45, 7) is 8.63. The monoisotopic (exact) mass is 496 g/mol. The van der Waals surface area contributed by atoms with Crippen LogP contribution in [0.1, 0.15) is 31.7 Å². The highest BCUT2D eigenvalue weighted by Crippen LogP contribution is 2.28. The SMILES string of the molecule is CCCSc1ncnc(N2CCN(CC(=O)CCCOc3ccc(Cl)cc3Cl)CC2)c1C. The van der Waals surface area contributed by atoms with Gasteiger partial charge in [-0.1, -0.05) is 30.1 Å². The number of Topliss-reactive ketones (excluding diaryl/α,β-unsaturated/α-hetero) is 1. The molecule has 1 fully saturated rings. The van der Waals surface area contributed by atoms with E-state index in [4.69, 9.17) is 27.9 Å². The van der Waals surface area contributed by atoms with Gasteiger partial charge < -0.3 is 9.64 Å². The molecule has 0 N–H and O–H groups in total. The van der Waals surface area contributed by atoms with Crippen molar-refractivity contribution in [2.24, 2.45) is 0 Å². The lowest BCUT2D eigenvalue weighted by atomic mass is 10.2. The maximum atomic E-state index is 12.4. The largest absolute Gasteiger partial charge is 0.492 e. The highest BCUT2D eigenvalue weighted by molar-refractivity contribution is 7.99. The summed E-state index contributed by atoms with van der Waals surface area (Å²) >= 11 is 13.8. The molecule has 2 aromatic rings. The molecule has 1 aliphatic heterocycles. The lowest BCUT2D eigenvalue weighted by molar-refractivity contribution is -0.120. The van der Waals surface area contributed by atoms with Crippen molar-refractivity contribution in [1.82, 2.24) is 14.9 Å². The molecule has 9 heteroatoms. The molecule has 0 bridgehead atoms. The second kappa shape index (κ2) is 12.6. The van der Waals surface area contributed by atoms with E-state index in [0.717, 1.165) is 54.8 Å². The molecule has 0 atom stereocenters. The van der Waals surface area contributed by atoms with Crippen LogP contribution in [0.3, 0.4) is 0 Å². The maximum absolute atomic E-state index is 12.4. The summed E-state index contributed by atoms with van der Waals surface area (Å²) in [5.74, 6) is 2.91. The third-order valence-corrected chi connectivity index (χ3v) is 7.11. The fourth-order valence-corrected chi connectivity index (χ4v) is 4.87. The number of piperazine rings is 1. The number of aromatic nitrogens is 2. The van der Waals surface area contributed by atoms with Crippen molar-refractivity contribution in [3.05, 3.63) is 40.1 Å². The number of hydrogen-bond donors (Lipinski definition) is 0. The minimum Gasteiger partial charge on any atom is -0.492 e. The van der Waals surface area contributed by atoms with E-state index < -0.39 is 0 Å². The number of hydrogen-bond acceptors (Lipinski definition) is 7. The molecule has 6 nitrogen and oxygen atoms in total. The summed E-state index contributed by atoms with van der Waals surface area (Å²) in [6.07, 6.45) is 3.94.